The van der Waals surface area contributed by atoms with Crippen molar-refractivity contribution in [3.8, 4) is 0 Å². The maximum atomic E-state index is 5.91. The Kier molecular flexibility index (Phi) is 4.09. The lowest BCUT2D eigenvalue weighted by molar-refractivity contribution is 0.690. The quantitative estimate of drug-likeness (QED) is 0.861. The van der Waals surface area contributed by atoms with Gasteiger partial charge in [0.2, 0.25) is 0 Å². The van der Waals surface area contributed by atoms with E-state index in [9.17, 15) is 0 Å². The van der Waals surface area contributed by atoms with Gasteiger partial charge < -0.3 is 5.73 Å². The van der Waals surface area contributed by atoms with Crippen LogP contribution in [0.1, 0.15) is 22.1 Å². The predicted octanol–water partition coefficient (Wildman–Crippen LogP) is 2.83. The minimum Gasteiger partial charge on any atom is -0.329 e. The van der Waals surface area contributed by atoms with Gasteiger partial charge in [-0.2, -0.15) is 5.10 Å². The van der Waals surface area contributed by atoms with Crippen LogP contribution >= 0.6 is 11.8 Å². The van der Waals surface area contributed by atoms with E-state index in [-0.39, 0.29) is 5.25 Å². The highest BCUT2D eigenvalue weighted by Gasteiger charge is 2.14. The number of hydrogen-bond acceptors (Lipinski definition) is 3. The lowest BCUT2D eigenvalue weighted by atomic mass is 10.1. The summed E-state index contributed by atoms with van der Waals surface area (Å²) in [6, 6.07) is 10.6. The second-order valence-electron chi connectivity index (χ2n) is 4.50. The first kappa shape index (κ1) is 13.2. The molecule has 0 radical (unpaired) electrons. The van der Waals surface area contributed by atoms with Crippen LogP contribution in [0.2, 0.25) is 0 Å². The van der Waals surface area contributed by atoms with Gasteiger partial charge in [-0.15, -0.1) is 0 Å². The van der Waals surface area contributed by atoms with Gasteiger partial charge in [-0.25, -0.2) is 0 Å². The number of benzene rings is 1. The maximum Gasteiger partial charge on any atom is 0.0945 e. The highest BCUT2D eigenvalue weighted by molar-refractivity contribution is 7.99. The summed E-state index contributed by atoms with van der Waals surface area (Å²) in [5, 5.41) is 5.80. The van der Waals surface area contributed by atoms with Gasteiger partial charge in [-0.3, -0.25) is 4.68 Å². The fourth-order valence-corrected chi connectivity index (χ4v) is 3.07. The van der Waals surface area contributed by atoms with Crippen LogP contribution in [0.5, 0.6) is 0 Å². The first-order valence-electron chi connectivity index (χ1n) is 6.04. The number of rotatable bonds is 4. The highest BCUT2D eigenvalue weighted by atomic mass is 32.2. The average Bonchev–Trinajstić information content (AvgIpc) is 2.64. The zero-order chi connectivity index (χ0) is 13.1. The Morgan fingerprint density at radius 2 is 2.11 bits per heavy atom. The lowest BCUT2D eigenvalue weighted by Crippen LogP contribution is -2.10. The third kappa shape index (κ3) is 2.94. The van der Waals surface area contributed by atoms with Crippen LogP contribution in [0, 0.1) is 13.8 Å². The van der Waals surface area contributed by atoms with Gasteiger partial charge in [-0.1, -0.05) is 41.6 Å². The molecule has 1 heterocycles. The Hall–Kier alpha value is -1.26. The van der Waals surface area contributed by atoms with Gasteiger partial charge in [0, 0.05) is 18.8 Å². The summed E-state index contributed by atoms with van der Waals surface area (Å²) >= 11 is 1.77. The van der Waals surface area contributed by atoms with E-state index in [1.54, 1.807) is 11.8 Å². The fraction of sp³-hybridized carbons (Fsp3) is 0.357. The molecule has 1 aromatic heterocycles. The predicted molar refractivity (Wildman–Crippen MR) is 76.8 cm³/mol. The van der Waals surface area contributed by atoms with Crippen molar-refractivity contribution >= 4 is 11.8 Å². The van der Waals surface area contributed by atoms with Crippen molar-refractivity contribution < 1.29 is 0 Å². The molecule has 0 saturated heterocycles. The van der Waals surface area contributed by atoms with E-state index in [0.717, 1.165) is 10.7 Å². The monoisotopic (exact) mass is 261 g/mol. The molecule has 0 amide bonds. The highest BCUT2D eigenvalue weighted by Crippen LogP contribution is 2.34. The summed E-state index contributed by atoms with van der Waals surface area (Å²) in [5.74, 6) is 0. The zero-order valence-electron chi connectivity index (χ0n) is 11.1. The molecule has 0 spiro atoms. The topological polar surface area (TPSA) is 43.8 Å². The molecule has 3 nitrogen and oxygen atoms in total. The van der Waals surface area contributed by atoms with Crippen LogP contribution in [0.25, 0.3) is 0 Å². The maximum absolute atomic E-state index is 5.91. The Bertz CT molecular complexity index is 534. The molecule has 2 aromatic rings. The largest absolute Gasteiger partial charge is 0.329 e. The minimum atomic E-state index is 0.277. The first-order chi connectivity index (χ1) is 8.60. The SMILES string of the molecule is Cc1cccc(C(CN)Sc2cc(C)nn2C)c1. The molecule has 1 aromatic carbocycles. The molecule has 1 unspecified atom stereocenters. The second kappa shape index (κ2) is 5.59. The van der Waals surface area contributed by atoms with E-state index in [4.69, 9.17) is 5.73 Å². The van der Waals surface area contributed by atoms with Crippen molar-refractivity contribution in [2.24, 2.45) is 12.8 Å². The van der Waals surface area contributed by atoms with Gasteiger partial charge in [0.15, 0.2) is 0 Å². The number of nitrogens with zero attached hydrogens (tertiary/aromatic N) is 2. The Labute approximate surface area is 112 Å². The molecule has 1 atom stereocenters. The molecule has 0 bridgehead atoms. The van der Waals surface area contributed by atoms with E-state index in [1.807, 2.05) is 18.7 Å². The lowest BCUT2D eigenvalue weighted by Gasteiger charge is -2.15. The summed E-state index contributed by atoms with van der Waals surface area (Å²) in [6.07, 6.45) is 0. The molecule has 18 heavy (non-hydrogen) atoms. The van der Waals surface area contributed by atoms with Crippen molar-refractivity contribution in [3.05, 3.63) is 47.2 Å². The average molecular weight is 261 g/mol. The third-order valence-electron chi connectivity index (χ3n) is 2.85. The Balaban J connectivity index is 2.22. The van der Waals surface area contributed by atoms with E-state index in [1.165, 1.54) is 11.1 Å². The first-order valence-corrected chi connectivity index (χ1v) is 6.92. The van der Waals surface area contributed by atoms with Crippen molar-refractivity contribution in [2.45, 2.75) is 24.1 Å². The summed E-state index contributed by atoms with van der Waals surface area (Å²) in [4.78, 5) is 0. The van der Waals surface area contributed by atoms with Crippen LogP contribution in [-0.4, -0.2) is 16.3 Å². The van der Waals surface area contributed by atoms with E-state index in [2.05, 4.69) is 42.4 Å². The Morgan fingerprint density at radius 3 is 2.67 bits per heavy atom. The fourth-order valence-electron chi connectivity index (χ4n) is 1.97. The molecule has 4 heteroatoms. The standard InChI is InChI=1S/C14H19N3S/c1-10-5-4-6-12(7-10)13(9-15)18-14-8-11(2)16-17(14)3/h4-8,13H,9,15H2,1-3H3. The number of nitrogens with two attached hydrogens (primary N) is 1. The van der Waals surface area contributed by atoms with Gasteiger partial charge in [0.05, 0.1) is 10.7 Å². The summed E-state index contributed by atoms with van der Waals surface area (Å²) in [7, 11) is 1.97. The molecule has 0 aliphatic rings. The molecule has 0 fully saturated rings. The second-order valence-corrected chi connectivity index (χ2v) is 5.73. The molecule has 2 N–H and O–H groups in total. The van der Waals surface area contributed by atoms with E-state index < -0.39 is 0 Å². The normalized spacial score (nSPS) is 12.7. The van der Waals surface area contributed by atoms with Crippen LogP contribution in [-0.2, 0) is 7.05 Å². The molecule has 0 aliphatic heterocycles. The van der Waals surface area contributed by atoms with Crippen LogP contribution in [0.4, 0.5) is 0 Å². The van der Waals surface area contributed by atoms with Gasteiger partial charge in [0.1, 0.15) is 0 Å². The van der Waals surface area contributed by atoms with Crippen molar-refractivity contribution in [3.63, 3.8) is 0 Å². The summed E-state index contributed by atoms with van der Waals surface area (Å²) < 4.78 is 1.92. The molecule has 2 rings (SSSR count). The van der Waals surface area contributed by atoms with E-state index in [0.29, 0.717) is 6.54 Å². The van der Waals surface area contributed by atoms with E-state index >= 15 is 0 Å². The summed E-state index contributed by atoms with van der Waals surface area (Å²) in [5.41, 5.74) is 9.50. The molecule has 0 aliphatic carbocycles. The number of aromatic nitrogens is 2. The van der Waals surface area contributed by atoms with Crippen LogP contribution in [0.3, 0.4) is 0 Å². The molecule has 0 saturated carbocycles. The zero-order valence-corrected chi connectivity index (χ0v) is 11.9. The number of hydrogen-bond donors (Lipinski definition) is 1. The van der Waals surface area contributed by atoms with Crippen LogP contribution in [0.15, 0.2) is 35.4 Å². The minimum absolute atomic E-state index is 0.277. The summed E-state index contributed by atoms with van der Waals surface area (Å²) in [6.45, 7) is 4.74. The molecular formula is C14H19N3S. The molecule has 96 valence electrons. The van der Waals surface area contributed by atoms with Gasteiger partial charge in [-0.05, 0) is 25.5 Å². The Morgan fingerprint density at radius 1 is 1.33 bits per heavy atom. The number of aryl methyl sites for hydroxylation is 3. The molecular weight excluding hydrogens is 242 g/mol. The van der Waals surface area contributed by atoms with Gasteiger partial charge in [0.25, 0.3) is 0 Å². The number of thioether (sulfide) groups is 1. The van der Waals surface area contributed by atoms with Crippen molar-refractivity contribution in [1.82, 2.24) is 9.78 Å². The van der Waals surface area contributed by atoms with Crippen molar-refractivity contribution in [2.75, 3.05) is 6.54 Å². The van der Waals surface area contributed by atoms with Crippen LogP contribution < -0.4 is 5.73 Å². The smallest absolute Gasteiger partial charge is 0.0945 e. The third-order valence-corrected chi connectivity index (χ3v) is 4.22. The van der Waals surface area contributed by atoms with Crippen molar-refractivity contribution in [1.29, 1.82) is 0 Å². The van der Waals surface area contributed by atoms with Gasteiger partial charge >= 0.3 is 0 Å².